The maximum atomic E-state index is 6.31. The van der Waals surface area contributed by atoms with Crippen LogP contribution >= 0.6 is 95.6 Å². The third kappa shape index (κ3) is 3.65. The van der Waals surface area contributed by atoms with Gasteiger partial charge in [-0.25, -0.2) is 0 Å². The second-order valence-electron chi connectivity index (χ2n) is 5.14. The molecule has 2 rings (SSSR count). The molecule has 7 heteroatoms. The van der Waals surface area contributed by atoms with Gasteiger partial charge in [-0.05, 0) is 114 Å². The average Bonchev–Trinajstić information content (AvgIpc) is 2.54. The molecular weight excluding hydrogens is 688 g/mol. The Morgan fingerprint density at radius 1 is 0.435 bits per heavy atom. The first-order valence-corrected chi connectivity index (χ1v) is 11.3. The molecule has 1 nitrogen and oxygen atoms in total. The van der Waals surface area contributed by atoms with Gasteiger partial charge in [-0.15, -0.1) is 0 Å². The molecular formula is C16H12Br6O. The number of rotatable bonds is 2. The van der Waals surface area contributed by atoms with Crippen LogP contribution in [0.25, 0.3) is 0 Å². The maximum absolute atomic E-state index is 6.31. The van der Waals surface area contributed by atoms with Gasteiger partial charge in [-0.2, -0.15) is 0 Å². The lowest BCUT2D eigenvalue weighted by atomic mass is 10.1. The van der Waals surface area contributed by atoms with E-state index in [0.717, 1.165) is 60.6 Å². The van der Waals surface area contributed by atoms with E-state index in [1.807, 2.05) is 27.7 Å². The standard InChI is InChI=1S/C16H12Br6O/c1-5-9(17)6(2)12(20)15(11(5)19)23-16-13(21)7(3)10(18)8(4)14(16)22/h1-4H3. The van der Waals surface area contributed by atoms with Gasteiger partial charge in [0.05, 0.1) is 17.9 Å². The zero-order chi connectivity index (χ0) is 17.6. The van der Waals surface area contributed by atoms with E-state index in [9.17, 15) is 0 Å². The Balaban J connectivity index is 2.71. The fourth-order valence-corrected chi connectivity index (χ4v) is 6.40. The van der Waals surface area contributed by atoms with Crippen LogP contribution in [0.3, 0.4) is 0 Å². The Hall–Kier alpha value is 1.12. The second kappa shape index (κ2) is 7.78. The molecule has 0 aliphatic rings. The van der Waals surface area contributed by atoms with Crippen molar-refractivity contribution in [2.24, 2.45) is 0 Å². The van der Waals surface area contributed by atoms with Crippen molar-refractivity contribution in [3.05, 3.63) is 49.1 Å². The molecule has 0 saturated carbocycles. The van der Waals surface area contributed by atoms with Crippen LogP contribution in [0.2, 0.25) is 0 Å². The van der Waals surface area contributed by atoms with Crippen LogP contribution in [0.15, 0.2) is 26.8 Å². The molecule has 0 unspecified atom stereocenters. The predicted octanol–water partition coefficient (Wildman–Crippen LogP) is 9.29. The molecule has 0 atom stereocenters. The number of halogens is 6. The molecule has 0 radical (unpaired) electrons. The van der Waals surface area contributed by atoms with Crippen molar-refractivity contribution in [2.75, 3.05) is 0 Å². The summed E-state index contributed by atoms with van der Waals surface area (Å²) in [6.45, 7) is 8.18. The monoisotopic (exact) mass is 694 g/mol. The van der Waals surface area contributed by atoms with E-state index in [1.54, 1.807) is 0 Å². The molecule has 0 spiro atoms. The van der Waals surface area contributed by atoms with Crippen LogP contribution in [0.4, 0.5) is 0 Å². The lowest BCUT2D eigenvalue weighted by Crippen LogP contribution is -1.98. The summed E-state index contributed by atoms with van der Waals surface area (Å²) in [4.78, 5) is 0. The summed E-state index contributed by atoms with van der Waals surface area (Å²) in [6, 6.07) is 0. The van der Waals surface area contributed by atoms with E-state index in [0.29, 0.717) is 0 Å². The third-order valence-electron chi connectivity index (χ3n) is 3.64. The van der Waals surface area contributed by atoms with Crippen molar-refractivity contribution in [1.29, 1.82) is 0 Å². The molecule has 0 bridgehead atoms. The van der Waals surface area contributed by atoms with Crippen LogP contribution < -0.4 is 4.74 Å². The lowest BCUT2D eigenvalue weighted by Gasteiger charge is -2.20. The highest BCUT2D eigenvalue weighted by atomic mass is 79.9. The minimum absolute atomic E-state index is 0.755. The average molecular weight is 700 g/mol. The van der Waals surface area contributed by atoms with E-state index < -0.39 is 0 Å². The van der Waals surface area contributed by atoms with Crippen molar-refractivity contribution >= 4 is 95.6 Å². The largest absolute Gasteiger partial charge is 0.453 e. The van der Waals surface area contributed by atoms with Gasteiger partial charge in [0.2, 0.25) is 0 Å². The number of ether oxygens (including phenoxy) is 1. The van der Waals surface area contributed by atoms with Gasteiger partial charge in [0.15, 0.2) is 11.5 Å². The maximum Gasteiger partial charge on any atom is 0.156 e. The Morgan fingerprint density at radius 2 is 0.652 bits per heavy atom. The van der Waals surface area contributed by atoms with Crippen LogP contribution in [-0.2, 0) is 0 Å². The molecule has 0 fully saturated rings. The zero-order valence-electron chi connectivity index (χ0n) is 12.7. The fourth-order valence-electron chi connectivity index (χ4n) is 2.10. The topological polar surface area (TPSA) is 9.23 Å². The van der Waals surface area contributed by atoms with Crippen LogP contribution in [0.1, 0.15) is 22.3 Å². The van der Waals surface area contributed by atoms with E-state index in [1.165, 1.54) is 0 Å². The molecule has 2 aromatic rings. The summed E-state index contributed by atoms with van der Waals surface area (Å²) in [7, 11) is 0. The van der Waals surface area contributed by atoms with Crippen molar-refractivity contribution in [3.8, 4) is 11.5 Å². The van der Waals surface area contributed by atoms with Gasteiger partial charge in [-0.3, -0.25) is 0 Å². The zero-order valence-corrected chi connectivity index (χ0v) is 22.2. The highest BCUT2D eigenvalue weighted by Crippen LogP contribution is 2.49. The summed E-state index contributed by atoms with van der Waals surface area (Å²) in [5, 5.41) is 0. The Labute approximate surface area is 186 Å². The van der Waals surface area contributed by atoms with Crippen molar-refractivity contribution in [1.82, 2.24) is 0 Å². The van der Waals surface area contributed by atoms with Crippen LogP contribution in [-0.4, -0.2) is 0 Å². The number of benzene rings is 2. The summed E-state index contributed by atoms with van der Waals surface area (Å²) in [5.41, 5.74) is 4.38. The highest BCUT2D eigenvalue weighted by molar-refractivity contribution is 9.12. The Morgan fingerprint density at radius 3 is 0.870 bits per heavy atom. The van der Waals surface area contributed by atoms with E-state index in [4.69, 9.17) is 4.74 Å². The quantitative estimate of drug-likeness (QED) is 0.304. The van der Waals surface area contributed by atoms with Gasteiger partial charge >= 0.3 is 0 Å². The third-order valence-corrected chi connectivity index (χ3v) is 9.83. The minimum Gasteiger partial charge on any atom is -0.453 e. The smallest absolute Gasteiger partial charge is 0.156 e. The van der Waals surface area contributed by atoms with Crippen LogP contribution in [0, 0.1) is 27.7 Å². The summed E-state index contributed by atoms with van der Waals surface area (Å²) in [6.07, 6.45) is 0. The van der Waals surface area contributed by atoms with Gasteiger partial charge in [0, 0.05) is 8.95 Å². The molecule has 0 aliphatic heterocycles. The Bertz CT molecular complexity index is 688. The molecule has 0 N–H and O–H groups in total. The highest BCUT2D eigenvalue weighted by Gasteiger charge is 2.22. The predicted molar refractivity (Wildman–Crippen MR) is 118 cm³/mol. The first-order chi connectivity index (χ1) is 10.6. The molecule has 0 aliphatic carbocycles. The van der Waals surface area contributed by atoms with Crippen molar-refractivity contribution in [2.45, 2.75) is 27.7 Å². The second-order valence-corrected chi connectivity index (χ2v) is 9.90. The SMILES string of the molecule is Cc1c(Br)c(C)c(Br)c(Oc2c(Br)c(C)c(Br)c(C)c2Br)c1Br. The van der Waals surface area contributed by atoms with Gasteiger partial charge in [0.1, 0.15) is 0 Å². The van der Waals surface area contributed by atoms with Gasteiger partial charge in [0.25, 0.3) is 0 Å². The normalized spacial score (nSPS) is 11.0. The van der Waals surface area contributed by atoms with Crippen molar-refractivity contribution in [3.63, 3.8) is 0 Å². The Kier molecular flexibility index (Phi) is 6.92. The molecule has 23 heavy (non-hydrogen) atoms. The van der Waals surface area contributed by atoms with Crippen LogP contribution in [0.5, 0.6) is 11.5 Å². The van der Waals surface area contributed by atoms with Crippen molar-refractivity contribution < 1.29 is 4.74 Å². The van der Waals surface area contributed by atoms with Gasteiger partial charge in [-0.1, -0.05) is 31.9 Å². The molecule has 0 heterocycles. The molecule has 2 aromatic carbocycles. The van der Waals surface area contributed by atoms with Gasteiger partial charge < -0.3 is 4.74 Å². The number of hydrogen-bond acceptors (Lipinski definition) is 1. The number of hydrogen-bond donors (Lipinski definition) is 0. The molecule has 0 aromatic heterocycles. The van der Waals surface area contributed by atoms with E-state index in [2.05, 4.69) is 95.6 Å². The summed E-state index contributed by atoms with van der Waals surface area (Å²) >= 11 is 21.8. The lowest BCUT2D eigenvalue weighted by molar-refractivity contribution is 0.468. The minimum atomic E-state index is 0.755. The van der Waals surface area contributed by atoms with E-state index in [-0.39, 0.29) is 0 Å². The first kappa shape index (κ1) is 20.4. The molecule has 0 saturated heterocycles. The summed E-state index contributed by atoms with van der Waals surface area (Å²) in [5.74, 6) is 1.51. The summed E-state index contributed by atoms with van der Waals surface area (Å²) < 4.78 is 12.1. The fraction of sp³-hybridized carbons (Fsp3) is 0.250. The molecule has 0 amide bonds. The van der Waals surface area contributed by atoms with E-state index >= 15 is 0 Å². The molecule has 124 valence electrons. The first-order valence-electron chi connectivity index (χ1n) is 6.54.